The molecule has 5 rings (SSSR count). The molecule has 2 aromatic rings. The Morgan fingerprint density at radius 3 is 2.68 bits per heavy atom. The fourth-order valence-corrected chi connectivity index (χ4v) is 5.32. The first-order chi connectivity index (χ1) is 14.9. The summed E-state index contributed by atoms with van der Waals surface area (Å²) in [7, 11) is 0. The molecule has 8 nitrogen and oxygen atoms in total. The van der Waals surface area contributed by atoms with Crippen molar-refractivity contribution < 1.29 is 19.4 Å². The predicted octanol–water partition coefficient (Wildman–Crippen LogP) is 1.80. The molecule has 2 bridgehead atoms. The standard InChI is InChI=1S/C23H27N3O5/c1-15-5-8-21(27)25(24-15)13-23(29)11-17-3-2-4-18(12-23)26(17)22(28)10-16-6-7-19-20(9-16)31-14-30-19/h5-9,17-18,29H,2-4,10-14H2,1H3/t17-,18-/m0/s1. The Balaban J connectivity index is 1.32. The van der Waals surface area contributed by atoms with E-state index < -0.39 is 5.60 Å². The van der Waals surface area contributed by atoms with E-state index in [9.17, 15) is 14.7 Å². The molecule has 31 heavy (non-hydrogen) atoms. The highest BCUT2D eigenvalue weighted by molar-refractivity contribution is 5.80. The summed E-state index contributed by atoms with van der Waals surface area (Å²) in [6.07, 6.45) is 3.98. The second-order valence-electron chi connectivity index (χ2n) is 9.01. The lowest BCUT2D eigenvalue weighted by Crippen LogP contribution is -2.61. The van der Waals surface area contributed by atoms with Crippen molar-refractivity contribution in [3.63, 3.8) is 0 Å². The van der Waals surface area contributed by atoms with Crippen LogP contribution in [-0.2, 0) is 17.8 Å². The van der Waals surface area contributed by atoms with Crippen molar-refractivity contribution in [1.29, 1.82) is 0 Å². The molecule has 2 saturated heterocycles. The van der Waals surface area contributed by atoms with E-state index in [1.807, 2.05) is 30.0 Å². The number of aryl methyl sites for hydroxylation is 1. The summed E-state index contributed by atoms with van der Waals surface area (Å²) in [5.41, 5.74) is 0.365. The lowest BCUT2D eigenvalue weighted by Gasteiger charge is -2.52. The number of rotatable bonds is 4. The van der Waals surface area contributed by atoms with Crippen molar-refractivity contribution >= 4 is 5.91 Å². The molecule has 3 aliphatic rings. The molecule has 1 aromatic heterocycles. The molecular weight excluding hydrogens is 398 g/mol. The molecule has 2 atom stereocenters. The van der Waals surface area contributed by atoms with E-state index >= 15 is 0 Å². The van der Waals surface area contributed by atoms with Crippen LogP contribution in [0.3, 0.4) is 0 Å². The molecule has 0 saturated carbocycles. The summed E-state index contributed by atoms with van der Waals surface area (Å²) in [4.78, 5) is 27.4. The molecule has 4 heterocycles. The van der Waals surface area contributed by atoms with Crippen LogP contribution in [0.1, 0.15) is 43.4 Å². The van der Waals surface area contributed by atoms with E-state index in [0.717, 1.165) is 30.5 Å². The van der Waals surface area contributed by atoms with E-state index in [2.05, 4.69) is 5.10 Å². The summed E-state index contributed by atoms with van der Waals surface area (Å²) in [6, 6.07) is 8.71. The quantitative estimate of drug-likeness (QED) is 0.803. The number of aromatic nitrogens is 2. The highest BCUT2D eigenvalue weighted by Gasteiger charge is 2.47. The summed E-state index contributed by atoms with van der Waals surface area (Å²) >= 11 is 0. The molecule has 0 aliphatic carbocycles. The van der Waals surface area contributed by atoms with Crippen molar-refractivity contribution in [2.24, 2.45) is 0 Å². The summed E-state index contributed by atoms with van der Waals surface area (Å²) in [6.45, 7) is 2.19. The molecule has 164 valence electrons. The van der Waals surface area contributed by atoms with Crippen molar-refractivity contribution in [3.05, 3.63) is 51.9 Å². The monoisotopic (exact) mass is 425 g/mol. The minimum atomic E-state index is -1.05. The van der Waals surface area contributed by atoms with Crippen LogP contribution in [0.4, 0.5) is 0 Å². The number of hydrogen-bond donors (Lipinski definition) is 1. The Bertz CT molecular complexity index is 1050. The average Bonchev–Trinajstić information content (AvgIpc) is 3.18. The van der Waals surface area contributed by atoms with Gasteiger partial charge in [0.2, 0.25) is 12.7 Å². The highest BCUT2D eigenvalue weighted by Crippen LogP contribution is 2.40. The summed E-state index contributed by atoms with van der Waals surface area (Å²) in [5, 5.41) is 15.7. The lowest BCUT2D eigenvalue weighted by molar-refractivity contribution is -0.152. The highest BCUT2D eigenvalue weighted by atomic mass is 16.7. The van der Waals surface area contributed by atoms with Crippen LogP contribution in [0.2, 0.25) is 0 Å². The van der Waals surface area contributed by atoms with Gasteiger partial charge in [-0.25, -0.2) is 4.68 Å². The minimum Gasteiger partial charge on any atom is -0.454 e. The van der Waals surface area contributed by atoms with Gasteiger partial charge in [0.15, 0.2) is 11.5 Å². The molecule has 0 radical (unpaired) electrons. The van der Waals surface area contributed by atoms with E-state index in [0.29, 0.717) is 30.8 Å². The van der Waals surface area contributed by atoms with Crippen molar-refractivity contribution in [1.82, 2.24) is 14.7 Å². The minimum absolute atomic E-state index is 0.0282. The third-order valence-corrected chi connectivity index (χ3v) is 6.62. The Morgan fingerprint density at radius 2 is 1.90 bits per heavy atom. The van der Waals surface area contributed by atoms with Gasteiger partial charge in [-0.15, -0.1) is 0 Å². The van der Waals surface area contributed by atoms with E-state index in [1.54, 1.807) is 6.07 Å². The second-order valence-corrected chi connectivity index (χ2v) is 9.01. The normalized spacial score (nSPS) is 26.7. The zero-order valence-electron chi connectivity index (χ0n) is 17.6. The lowest BCUT2D eigenvalue weighted by atomic mass is 9.75. The molecule has 8 heteroatoms. The second kappa shape index (κ2) is 7.67. The van der Waals surface area contributed by atoms with Gasteiger partial charge in [0.1, 0.15) is 0 Å². The SMILES string of the molecule is Cc1ccc(=O)n(CC2(O)C[C@@H]3CCC[C@@H](C2)N3C(=O)Cc2ccc3c(c2)OCO3)n1. The first kappa shape index (κ1) is 20.1. The van der Waals surface area contributed by atoms with Crippen molar-refractivity contribution in [2.45, 2.75) is 69.7 Å². The topological polar surface area (TPSA) is 93.9 Å². The van der Waals surface area contributed by atoms with Gasteiger partial charge in [0.25, 0.3) is 5.56 Å². The van der Waals surface area contributed by atoms with Crippen LogP contribution in [0.5, 0.6) is 11.5 Å². The number of ether oxygens (including phenoxy) is 2. The Labute approximate surface area is 180 Å². The van der Waals surface area contributed by atoms with Crippen LogP contribution in [0, 0.1) is 6.92 Å². The molecule has 0 spiro atoms. The summed E-state index contributed by atoms with van der Waals surface area (Å²) < 4.78 is 12.1. The van der Waals surface area contributed by atoms with Crippen LogP contribution >= 0.6 is 0 Å². The fourth-order valence-electron chi connectivity index (χ4n) is 5.32. The number of carbonyl (C=O) groups excluding carboxylic acids is 1. The molecule has 0 unspecified atom stereocenters. The summed E-state index contributed by atoms with van der Waals surface area (Å²) in [5.74, 6) is 1.45. The van der Waals surface area contributed by atoms with Crippen molar-refractivity contribution in [3.8, 4) is 11.5 Å². The first-order valence-electron chi connectivity index (χ1n) is 10.9. The zero-order valence-corrected chi connectivity index (χ0v) is 17.6. The zero-order chi connectivity index (χ0) is 21.6. The average molecular weight is 425 g/mol. The molecule has 1 aromatic carbocycles. The molecule has 1 amide bonds. The van der Waals surface area contributed by atoms with Crippen LogP contribution in [0.15, 0.2) is 35.1 Å². The smallest absolute Gasteiger partial charge is 0.266 e. The van der Waals surface area contributed by atoms with E-state index in [4.69, 9.17) is 9.47 Å². The molecule has 1 N–H and O–H groups in total. The van der Waals surface area contributed by atoms with Gasteiger partial charge >= 0.3 is 0 Å². The predicted molar refractivity (Wildman–Crippen MR) is 112 cm³/mol. The molecular formula is C23H27N3O5. The van der Waals surface area contributed by atoms with E-state index in [1.165, 1.54) is 10.7 Å². The third-order valence-electron chi connectivity index (χ3n) is 6.62. The number of aliphatic hydroxyl groups is 1. The number of nitrogens with zero attached hydrogens (tertiary/aromatic N) is 3. The Morgan fingerprint density at radius 1 is 1.16 bits per heavy atom. The largest absolute Gasteiger partial charge is 0.454 e. The maximum atomic E-state index is 13.3. The maximum absolute atomic E-state index is 13.3. The van der Waals surface area contributed by atoms with Gasteiger partial charge in [-0.3, -0.25) is 9.59 Å². The number of benzene rings is 1. The van der Waals surface area contributed by atoms with Gasteiger partial charge in [0, 0.05) is 18.2 Å². The van der Waals surface area contributed by atoms with Crippen LogP contribution in [-0.4, -0.2) is 50.2 Å². The Hall–Kier alpha value is -2.87. The maximum Gasteiger partial charge on any atom is 0.266 e. The van der Waals surface area contributed by atoms with Gasteiger partial charge in [-0.05, 0) is 62.8 Å². The van der Waals surface area contributed by atoms with Crippen LogP contribution < -0.4 is 15.0 Å². The van der Waals surface area contributed by atoms with Crippen LogP contribution in [0.25, 0.3) is 0 Å². The van der Waals surface area contributed by atoms with Gasteiger partial charge in [-0.2, -0.15) is 5.10 Å². The molecule has 3 aliphatic heterocycles. The van der Waals surface area contributed by atoms with Gasteiger partial charge in [0.05, 0.1) is 24.3 Å². The molecule has 2 fully saturated rings. The third kappa shape index (κ3) is 3.92. The number of carbonyl (C=O) groups is 1. The fraction of sp³-hybridized carbons (Fsp3) is 0.522. The van der Waals surface area contributed by atoms with Gasteiger partial charge in [-0.1, -0.05) is 6.07 Å². The number of fused-ring (bicyclic) bond motifs is 3. The number of amides is 1. The number of hydrogen-bond acceptors (Lipinski definition) is 6. The van der Waals surface area contributed by atoms with E-state index in [-0.39, 0.29) is 36.9 Å². The number of piperidine rings is 2. The first-order valence-corrected chi connectivity index (χ1v) is 10.9. The van der Waals surface area contributed by atoms with Gasteiger partial charge < -0.3 is 19.5 Å². The Kier molecular flexibility index (Phi) is 4.97. The van der Waals surface area contributed by atoms with Crippen molar-refractivity contribution in [2.75, 3.05) is 6.79 Å².